The van der Waals surface area contributed by atoms with Crippen molar-refractivity contribution in [1.82, 2.24) is 24.6 Å². The van der Waals surface area contributed by atoms with Crippen molar-refractivity contribution >= 4 is 17.5 Å². The van der Waals surface area contributed by atoms with E-state index in [0.29, 0.717) is 16.7 Å². The van der Waals surface area contributed by atoms with Gasteiger partial charge in [-0.3, -0.25) is 4.79 Å². The van der Waals surface area contributed by atoms with Gasteiger partial charge in [-0.1, -0.05) is 17.7 Å². The highest BCUT2D eigenvalue weighted by molar-refractivity contribution is 6.30. The maximum Gasteiger partial charge on any atom is 0.253 e. The quantitative estimate of drug-likeness (QED) is 0.430. The molecule has 0 spiro atoms. The summed E-state index contributed by atoms with van der Waals surface area (Å²) in [5, 5.41) is 18.8. The van der Waals surface area contributed by atoms with E-state index in [4.69, 9.17) is 11.6 Å². The molecule has 4 rings (SSSR count). The van der Waals surface area contributed by atoms with Crippen LogP contribution in [-0.2, 0) is 12.1 Å². The minimum atomic E-state index is -1.94. The molecule has 0 saturated heterocycles. The highest BCUT2D eigenvalue weighted by Crippen LogP contribution is 2.30. The third-order valence-electron chi connectivity index (χ3n) is 5.41. The van der Waals surface area contributed by atoms with Gasteiger partial charge in [0.25, 0.3) is 5.91 Å². The fourth-order valence-corrected chi connectivity index (χ4v) is 3.69. The molecule has 0 unspecified atom stereocenters. The van der Waals surface area contributed by atoms with E-state index in [-0.39, 0.29) is 12.1 Å². The molecule has 170 valence electrons. The molecule has 0 aliphatic carbocycles. The average Bonchev–Trinajstić information content (AvgIpc) is 3.46. The van der Waals surface area contributed by atoms with Gasteiger partial charge in [0.05, 0.1) is 18.2 Å². The van der Waals surface area contributed by atoms with Crippen molar-refractivity contribution in [2.75, 3.05) is 0 Å². The first-order chi connectivity index (χ1) is 15.8. The largest absolute Gasteiger partial charge is 0.381 e. The molecule has 0 aliphatic heterocycles. The number of nitrogens with one attached hydrogen (secondary N) is 1. The molecule has 0 saturated carbocycles. The number of nitrogens with zero attached hydrogens (tertiary/aromatic N) is 4. The number of amides is 1. The summed E-state index contributed by atoms with van der Waals surface area (Å²) in [6.45, 7) is 1.32. The SMILES string of the molecule is C[C@@H](NC(=O)c1ccn(-c2ccc(Cl)cc2)c1)[C@](O)(Cn1cncn1)c1ccc(F)cc1F. The van der Waals surface area contributed by atoms with Crippen LogP contribution in [0.5, 0.6) is 0 Å². The molecule has 7 nitrogen and oxygen atoms in total. The molecular formula is C23H20ClF2N5O2. The number of aromatic nitrogens is 4. The van der Waals surface area contributed by atoms with Gasteiger partial charge in [-0.25, -0.2) is 18.4 Å². The van der Waals surface area contributed by atoms with Gasteiger partial charge >= 0.3 is 0 Å². The van der Waals surface area contributed by atoms with E-state index in [1.807, 2.05) is 0 Å². The first-order valence-corrected chi connectivity index (χ1v) is 10.4. The monoisotopic (exact) mass is 471 g/mol. The molecule has 0 fully saturated rings. The zero-order valence-electron chi connectivity index (χ0n) is 17.5. The van der Waals surface area contributed by atoms with Crippen molar-refractivity contribution in [1.29, 1.82) is 0 Å². The van der Waals surface area contributed by atoms with Crippen LogP contribution in [0.25, 0.3) is 5.69 Å². The summed E-state index contributed by atoms with van der Waals surface area (Å²) in [5.41, 5.74) is -0.979. The minimum absolute atomic E-state index is 0.175. The number of benzene rings is 2. The Labute approximate surface area is 193 Å². The molecule has 1 amide bonds. The van der Waals surface area contributed by atoms with Gasteiger partial charge in [0.2, 0.25) is 0 Å². The summed E-state index contributed by atoms with van der Waals surface area (Å²) in [4.78, 5) is 16.8. The lowest BCUT2D eigenvalue weighted by Crippen LogP contribution is -2.51. The molecule has 2 atom stereocenters. The second kappa shape index (κ2) is 9.13. The molecule has 2 heterocycles. The maximum atomic E-state index is 14.6. The normalized spacial score (nSPS) is 14.0. The van der Waals surface area contributed by atoms with Gasteiger partial charge in [0.1, 0.15) is 29.9 Å². The van der Waals surface area contributed by atoms with E-state index in [1.165, 1.54) is 24.3 Å². The smallest absolute Gasteiger partial charge is 0.253 e. The van der Waals surface area contributed by atoms with E-state index < -0.39 is 29.2 Å². The van der Waals surface area contributed by atoms with Gasteiger partial charge in [0.15, 0.2) is 0 Å². The number of aliphatic hydroxyl groups is 1. The molecule has 10 heteroatoms. The molecule has 0 aliphatic rings. The van der Waals surface area contributed by atoms with Crippen molar-refractivity contribution < 1.29 is 18.7 Å². The standard InChI is InChI=1S/C23H20ClF2N5O2/c1-15(29-22(32)16-8-9-30(11-16)19-5-2-17(24)3-6-19)23(33,12-31-14-27-13-28-31)20-7-4-18(25)10-21(20)26/h2-11,13-15,33H,12H2,1H3,(H,29,32)/t15-,23-/m1/s1. The summed E-state index contributed by atoms with van der Waals surface area (Å²) >= 11 is 5.92. The Morgan fingerprint density at radius 1 is 1.21 bits per heavy atom. The first kappa shape index (κ1) is 22.6. The summed E-state index contributed by atoms with van der Waals surface area (Å²) in [7, 11) is 0. The van der Waals surface area contributed by atoms with Crippen LogP contribution in [0, 0.1) is 11.6 Å². The van der Waals surface area contributed by atoms with Crippen LogP contribution in [0.4, 0.5) is 8.78 Å². The summed E-state index contributed by atoms with van der Waals surface area (Å²) in [6.07, 6.45) is 5.96. The highest BCUT2D eigenvalue weighted by Gasteiger charge is 2.40. The van der Waals surface area contributed by atoms with Crippen molar-refractivity contribution in [2.24, 2.45) is 0 Å². The molecule has 2 aromatic heterocycles. The highest BCUT2D eigenvalue weighted by atomic mass is 35.5. The Morgan fingerprint density at radius 2 is 1.97 bits per heavy atom. The van der Waals surface area contributed by atoms with E-state index in [1.54, 1.807) is 47.3 Å². The van der Waals surface area contributed by atoms with E-state index in [9.17, 15) is 18.7 Å². The van der Waals surface area contributed by atoms with Gasteiger partial charge in [-0.2, -0.15) is 5.10 Å². The van der Waals surface area contributed by atoms with E-state index >= 15 is 0 Å². The van der Waals surface area contributed by atoms with E-state index in [0.717, 1.165) is 17.8 Å². The van der Waals surface area contributed by atoms with Gasteiger partial charge in [0, 0.05) is 34.7 Å². The van der Waals surface area contributed by atoms with Crippen molar-refractivity contribution in [3.8, 4) is 5.69 Å². The Hall–Kier alpha value is -3.56. The first-order valence-electron chi connectivity index (χ1n) is 10.0. The predicted molar refractivity (Wildman–Crippen MR) is 118 cm³/mol. The molecule has 0 radical (unpaired) electrons. The minimum Gasteiger partial charge on any atom is -0.381 e. The third kappa shape index (κ3) is 4.79. The van der Waals surface area contributed by atoms with Gasteiger partial charge < -0.3 is 15.0 Å². The van der Waals surface area contributed by atoms with Crippen LogP contribution in [0.2, 0.25) is 5.02 Å². The Morgan fingerprint density at radius 3 is 2.64 bits per heavy atom. The van der Waals surface area contributed by atoms with Crippen molar-refractivity contribution in [2.45, 2.75) is 25.1 Å². The topological polar surface area (TPSA) is 85.0 Å². The maximum absolute atomic E-state index is 14.6. The van der Waals surface area contributed by atoms with Gasteiger partial charge in [-0.15, -0.1) is 0 Å². The van der Waals surface area contributed by atoms with Crippen LogP contribution in [-0.4, -0.2) is 36.4 Å². The third-order valence-corrected chi connectivity index (χ3v) is 5.66. The summed E-state index contributed by atoms with van der Waals surface area (Å²) < 4.78 is 31.2. The van der Waals surface area contributed by atoms with Crippen molar-refractivity contribution in [3.63, 3.8) is 0 Å². The van der Waals surface area contributed by atoms with E-state index in [2.05, 4.69) is 15.4 Å². The number of carbonyl (C=O) groups is 1. The van der Waals surface area contributed by atoms with Crippen LogP contribution in [0.3, 0.4) is 0 Å². The Bertz CT molecular complexity index is 1260. The fourth-order valence-electron chi connectivity index (χ4n) is 3.56. The Balaban J connectivity index is 1.59. The predicted octanol–water partition coefficient (Wildman–Crippen LogP) is 3.71. The van der Waals surface area contributed by atoms with Crippen LogP contribution in [0.1, 0.15) is 22.8 Å². The number of carbonyl (C=O) groups excluding carboxylic acids is 1. The number of rotatable bonds is 7. The lowest BCUT2D eigenvalue weighted by molar-refractivity contribution is -0.0186. The second-order valence-electron chi connectivity index (χ2n) is 7.62. The van der Waals surface area contributed by atoms with Gasteiger partial charge in [-0.05, 0) is 43.3 Å². The molecule has 2 aromatic carbocycles. The van der Waals surface area contributed by atoms with Crippen LogP contribution < -0.4 is 5.32 Å². The molecule has 0 bridgehead atoms. The zero-order valence-corrected chi connectivity index (χ0v) is 18.2. The van der Waals surface area contributed by atoms with Crippen LogP contribution in [0.15, 0.2) is 73.6 Å². The lowest BCUT2D eigenvalue weighted by atomic mass is 9.86. The van der Waals surface area contributed by atoms with Crippen molar-refractivity contribution in [3.05, 3.63) is 101 Å². The number of hydrogen-bond acceptors (Lipinski definition) is 4. The summed E-state index contributed by atoms with van der Waals surface area (Å²) in [6, 6.07) is 10.6. The molecule has 33 heavy (non-hydrogen) atoms. The lowest BCUT2D eigenvalue weighted by Gasteiger charge is -2.35. The Kier molecular flexibility index (Phi) is 6.26. The average molecular weight is 472 g/mol. The molecule has 4 aromatic rings. The zero-order chi connectivity index (χ0) is 23.6. The second-order valence-corrected chi connectivity index (χ2v) is 8.06. The molecular weight excluding hydrogens is 452 g/mol. The number of hydrogen-bond donors (Lipinski definition) is 2. The fraction of sp³-hybridized carbons (Fsp3) is 0.174. The molecule has 2 N–H and O–H groups in total. The summed E-state index contributed by atoms with van der Waals surface area (Å²) in [5.74, 6) is -2.19. The number of halogens is 3. The van der Waals surface area contributed by atoms with Crippen LogP contribution >= 0.6 is 11.6 Å².